The number of ether oxygens (including phenoxy) is 2. The molecule has 0 amide bonds. The molecule has 8 nitrogen and oxygen atoms in total. The molecule has 154 valence electrons. The minimum Gasteiger partial charge on any atom is -0.382 e. The first kappa shape index (κ1) is 20.8. The van der Waals surface area contributed by atoms with Gasteiger partial charge < -0.3 is 14.0 Å². The Balaban J connectivity index is 1.58. The molecule has 1 aliphatic rings. The molecule has 0 N–H and O–H groups in total. The summed E-state index contributed by atoms with van der Waals surface area (Å²) in [7, 11) is -2.05. The van der Waals surface area contributed by atoms with E-state index >= 15 is 0 Å². The van der Waals surface area contributed by atoms with Gasteiger partial charge in [0.05, 0.1) is 18.1 Å². The zero-order valence-corrected chi connectivity index (χ0v) is 16.7. The van der Waals surface area contributed by atoms with Crippen molar-refractivity contribution in [3.8, 4) is 0 Å². The molecule has 0 spiro atoms. The SMILES string of the molecule is COCCOCc1nc(C2CCN(S(=O)(=O)c3ccc(F)c(C)c3)CC2)no1. The second-order valence-corrected chi connectivity index (χ2v) is 8.62. The molecule has 1 aromatic carbocycles. The smallest absolute Gasteiger partial charge is 0.252 e. The zero-order valence-electron chi connectivity index (χ0n) is 15.9. The van der Waals surface area contributed by atoms with E-state index in [-0.39, 0.29) is 17.4 Å². The molecule has 0 atom stereocenters. The standard InChI is InChI=1S/C18H24FN3O5S/c1-13-11-15(3-4-16(13)19)28(23,24)22-7-5-14(6-8-22)18-20-17(27-21-18)12-26-10-9-25-2/h3-4,11,14H,5-10,12H2,1-2H3. The fourth-order valence-electron chi connectivity index (χ4n) is 3.08. The van der Waals surface area contributed by atoms with Gasteiger partial charge in [0.15, 0.2) is 5.82 Å². The molecule has 28 heavy (non-hydrogen) atoms. The number of hydrogen-bond donors (Lipinski definition) is 0. The topological polar surface area (TPSA) is 94.8 Å². The van der Waals surface area contributed by atoms with Crippen molar-refractivity contribution in [2.75, 3.05) is 33.4 Å². The first-order valence-corrected chi connectivity index (χ1v) is 10.5. The van der Waals surface area contributed by atoms with Crippen LogP contribution < -0.4 is 0 Å². The third-order valence-electron chi connectivity index (χ3n) is 4.73. The molecule has 0 radical (unpaired) electrons. The Morgan fingerprint density at radius 1 is 1.29 bits per heavy atom. The van der Waals surface area contributed by atoms with Crippen molar-refractivity contribution in [2.24, 2.45) is 0 Å². The number of rotatable bonds is 8. The van der Waals surface area contributed by atoms with Crippen molar-refractivity contribution in [1.29, 1.82) is 0 Å². The van der Waals surface area contributed by atoms with Crippen LogP contribution in [0.4, 0.5) is 4.39 Å². The van der Waals surface area contributed by atoms with E-state index in [1.54, 1.807) is 14.0 Å². The Labute approximate surface area is 163 Å². The second kappa shape index (κ2) is 9.08. The van der Waals surface area contributed by atoms with Gasteiger partial charge in [-0.25, -0.2) is 12.8 Å². The van der Waals surface area contributed by atoms with Gasteiger partial charge in [-0.15, -0.1) is 0 Å². The molecule has 0 bridgehead atoms. The van der Waals surface area contributed by atoms with Gasteiger partial charge in [-0.1, -0.05) is 5.16 Å². The molecule has 0 unspecified atom stereocenters. The fraction of sp³-hybridized carbons (Fsp3) is 0.556. The fourth-order valence-corrected chi connectivity index (χ4v) is 4.63. The van der Waals surface area contributed by atoms with Crippen molar-refractivity contribution in [2.45, 2.75) is 37.2 Å². The molecule has 2 aromatic rings. The van der Waals surface area contributed by atoms with E-state index < -0.39 is 15.8 Å². The highest BCUT2D eigenvalue weighted by Crippen LogP contribution is 2.29. The van der Waals surface area contributed by atoms with Crippen molar-refractivity contribution < 1.29 is 26.8 Å². The quantitative estimate of drug-likeness (QED) is 0.613. The Kier molecular flexibility index (Phi) is 6.76. The minimum atomic E-state index is -3.65. The lowest BCUT2D eigenvalue weighted by atomic mass is 9.98. The number of hydrogen-bond acceptors (Lipinski definition) is 7. The van der Waals surface area contributed by atoms with E-state index in [0.717, 1.165) is 0 Å². The summed E-state index contributed by atoms with van der Waals surface area (Å²) in [6.07, 6.45) is 1.17. The number of sulfonamides is 1. The van der Waals surface area contributed by atoms with Crippen LogP contribution in [0.15, 0.2) is 27.6 Å². The van der Waals surface area contributed by atoms with Gasteiger partial charge in [0.2, 0.25) is 10.0 Å². The summed E-state index contributed by atoms with van der Waals surface area (Å²) in [5, 5.41) is 4.00. The van der Waals surface area contributed by atoms with Gasteiger partial charge in [-0.2, -0.15) is 9.29 Å². The lowest BCUT2D eigenvalue weighted by Crippen LogP contribution is -2.38. The Hall–Kier alpha value is -1.88. The highest BCUT2D eigenvalue weighted by Gasteiger charge is 2.32. The van der Waals surface area contributed by atoms with Crippen LogP contribution in [0.2, 0.25) is 0 Å². The van der Waals surface area contributed by atoms with Gasteiger partial charge in [0, 0.05) is 26.1 Å². The lowest BCUT2D eigenvalue weighted by Gasteiger charge is -2.29. The largest absolute Gasteiger partial charge is 0.382 e. The summed E-state index contributed by atoms with van der Waals surface area (Å²) in [6, 6.07) is 3.86. The van der Waals surface area contributed by atoms with Gasteiger partial charge in [0.25, 0.3) is 5.89 Å². The van der Waals surface area contributed by atoms with Gasteiger partial charge in [0.1, 0.15) is 12.4 Å². The molecule has 2 heterocycles. The monoisotopic (exact) mass is 413 g/mol. The number of benzene rings is 1. The summed E-state index contributed by atoms with van der Waals surface area (Å²) in [4.78, 5) is 4.46. The molecular weight excluding hydrogens is 389 g/mol. The van der Waals surface area contributed by atoms with Crippen LogP contribution in [0.1, 0.15) is 36.0 Å². The number of piperidine rings is 1. The average molecular weight is 413 g/mol. The molecule has 10 heteroatoms. The predicted molar refractivity (Wildman–Crippen MR) is 97.7 cm³/mol. The van der Waals surface area contributed by atoms with Gasteiger partial charge in [-0.3, -0.25) is 0 Å². The Morgan fingerprint density at radius 2 is 2.04 bits per heavy atom. The number of halogens is 1. The van der Waals surface area contributed by atoms with Gasteiger partial charge >= 0.3 is 0 Å². The van der Waals surface area contributed by atoms with E-state index in [1.807, 2.05) is 0 Å². The second-order valence-electron chi connectivity index (χ2n) is 6.68. The van der Waals surface area contributed by atoms with Crippen LogP contribution in [-0.4, -0.2) is 56.3 Å². The minimum absolute atomic E-state index is 0.0258. The van der Waals surface area contributed by atoms with Gasteiger partial charge in [-0.05, 0) is 43.5 Å². The number of methoxy groups -OCH3 is 1. The number of nitrogens with zero attached hydrogens (tertiary/aromatic N) is 3. The van der Waals surface area contributed by atoms with E-state index in [2.05, 4.69) is 10.1 Å². The van der Waals surface area contributed by atoms with Crippen LogP contribution in [0.3, 0.4) is 0 Å². The molecular formula is C18H24FN3O5S. The summed E-state index contributed by atoms with van der Waals surface area (Å²) in [5.74, 6) is 0.567. The van der Waals surface area contributed by atoms with Crippen LogP contribution >= 0.6 is 0 Å². The maximum Gasteiger partial charge on any atom is 0.252 e. The molecule has 1 aliphatic heterocycles. The number of aryl methyl sites for hydroxylation is 1. The van der Waals surface area contributed by atoms with Crippen LogP contribution in [0.5, 0.6) is 0 Å². The summed E-state index contributed by atoms with van der Waals surface area (Å²) < 4.78 is 55.9. The van der Waals surface area contributed by atoms with E-state index in [4.69, 9.17) is 14.0 Å². The zero-order chi connectivity index (χ0) is 20.1. The van der Waals surface area contributed by atoms with Crippen LogP contribution in [-0.2, 0) is 26.1 Å². The van der Waals surface area contributed by atoms with E-state index in [1.165, 1.54) is 22.5 Å². The highest BCUT2D eigenvalue weighted by atomic mass is 32.2. The van der Waals surface area contributed by atoms with Crippen molar-refractivity contribution in [3.63, 3.8) is 0 Å². The van der Waals surface area contributed by atoms with E-state index in [9.17, 15) is 12.8 Å². The van der Waals surface area contributed by atoms with E-state index in [0.29, 0.717) is 56.4 Å². The lowest BCUT2D eigenvalue weighted by molar-refractivity contribution is 0.0494. The average Bonchev–Trinajstić information content (AvgIpc) is 3.16. The number of aromatic nitrogens is 2. The summed E-state index contributed by atoms with van der Waals surface area (Å²) >= 11 is 0. The Bertz CT molecular complexity index is 894. The molecule has 0 aliphatic carbocycles. The molecule has 1 fully saturated rings. The van der Waals surface area contributed by atoms with Crippen molar-refractivity contribution in [3.05, 3.63) is 41.3 Å². The molecule has 3 rings (SSSR count). The first-order chi connectivity index (χ1) is 13.4. The van der Waals surface area contributed by atoms with Crippen molar-refractivity contribution >= 4 is 10.0 Å². The van der Waals surface area contributed by atoms with Crippen molar-refractivity contribution in [1.82, 2.24) is 14.4 Å². The third-order valence-corrected chi connectivity index (χ3v) is 6.62. The normalized spacial score (nSPS) is 16.5. The van der Waals surface area contributed by atoms with Crippen LogP contribution in [0.25, 0.3) is 0 Å². The predicted octanol–water partition coefficient (Wildman–Crippen LogP) is 2.25. The Morgan fingerprint density at radius 3 is 2.71 bits per heavy atom. The first-order valence-electron chi connectivity index (χ1n) is 9.07. The maximum atomic E-state index is 13.4. The summed E-state index contributed by atoms with van der Waals surface area (Å²) in [6.45, 7) is 3.38. The van der Waals surface area contributed by atoms with Crippen LogP contribution in [0, 0.1) is 12.7 Å². The molecule has 1 aromatic heterocycles. The molecule has 1 saturated heterocycles. The summed E-state index contributed by atoms with van der Waals surface area (Å²) in [5.41, 5.74) is 0.308. The maximum absolute atomic E-state index is 13.4. The highest BCUT2D eigenvalue weighted by molar-refractivity contribution is 7.89. The molecule has 0 saturated carbocycles. The third kappa shape index (κ3) is 4.75.